The first kappa shape index (κ1) is 17.9. The van der Waals surface area contributed by atoms with E-state index in [-0.39, 0.29) is 6.10 Å². The Morgan fingerprint density at radius 3 is 2.60 bits per heavy atom. The van der Waals surface area contributed by atoms with Gasteiger partial charge < -0.3 is 15.2 Å². The molecule has 120 valence electrons. The van der Waals surface area contributed by atoms with Crippen LogP contribution in [0.3, 0.4) is 0 Å². The summed E-state index contributed by atoms with van der Waals surface area (Å²) in [5.41, 5.74) is 0. The Hall–Kier alpha value is -0.120. The molecule has 5 atom stereocenters. The average molecular weight is 285 g/mol. The molecule has 1 aliphatic carbocycles. The summed E-state index contributed by atoms with van der Waals surface area (Å²) < 4.78 is 5.90. The summed E-state index contributed by atoms with van der Waals surface area (Å²) in [6.07, 6.45) is 7.39. The second-order valence-corrected chi connectivity index (χ2v) is 6.85. The summed E-state index contributed by atoms with van der Waals surface area (Å²) in [6, 6.07) is 0.466. The highest BCUT2D eigenvalue weighted by atomic mass is 16.5. The molecule has 20 heavy (non-hydrogen) atoms. The molecule has 0 saturated heterocycles. The van der Waals surface area contributed by atoms with Gasteiger partial charge in [0.2, 0.25) is 0 Å². The third kappa shape index (κ3) is 7.05. The van der Waals surface area contributed by atoms with Gasteiger partial charge in [-0.15, -0.1) is 0 Å². The molecule has 0 aromatic rings. The molecule has 5 unspecified atom stereocenters. The predicted molar refractivity (Wildman–Crippen MR) is 84.9 cm³/mol. The van der Waals surface area contributed by atoms with E-state index in [4.69, 9.17) is 4.74 Å². The van der Waals surface area contributed by atoms with Crippen LogP contribution < -0.4 is 5.32 Å². The van der Waals surface area contributed by atoms with Crippen LogP contribution in [-0.2, 0) is 4.74 Å². The third-order valence-corrected chi connectivity index (χ3v) is 4.69. The summed E-state index contributed by atoms with van der Waals surface area (Å²) in [6.45, 7) is 10.1. The van der Waals surface area contributed by atoms with E-state index in [0.717, 1.165) is 12.3 Å². The predicted octanol–water partition coefficient (Wildman–Crippen LogP) is 3.36. The zero-order chi connectivity index (χ0) is 15.0. The Labute approximate surface area is 125 Å². The van der Waals surface area contributed by atoms with Crippen LogP contribution in [0.15, 0.2) is 0 Å². The van der Waals surface area contributed by atoms with E-state index >= 15 is 0 Å². The monoisotopic (exact) mass is 285 g/mol. The number of hydrogen-bond donors (Lipinski definition) is 2. The van der Waals surface area contributed by atoms with Crippen LogP contribution in [0.2, 0.25) is 0 Å². The molecule has 3 nitrogen and oxygen atoms in total. The van der Waals surface area contributed by atoms with Crippen molar-refractivity contribution in [1.29, 1.82) is 0 Å². The molecular weight excluding hydrogens is 250 g/mol. The van der Waals surface area contributed by atoms with Gasteiger partial charge in [-0.25, -0.2) is 0 Å². The fraction of sp³-hybridized carbons (Fsp3) is 1.00. The summed E-state index contributed by atoms with van der Waals surface area (Å²) in [7, 11) is 0. The molecule has 0 spiro atoms. The highest BCUT2D eigenvalue weighted by molar-refractivity contribution is 4.74. The molecule has 1 saturated carbocycles. The number of aliphatic hydroxyl groups excluding tert-OH is 1. The number of ether oxygens (including phenoxy) is 1. The van der Waals surface area contributed by atoms with Gasteiger partial charge in [-0.1, -0.05) is 40.0 Å². The first-order valence-electron chi connectivity index (χ1n) is 8.56. The molecule has 0 amide bonds. The van der Waals surface area contributed by atoms with Crippen molar-refractivity contribution < 1.29 is 9.84 Å². The topological polar surface area (TPSA) is 41.5 Å². The molecule has 0 aliphatic heterocycles. The lowest BCUT2D eigenvalue weighted by atomic mass is 9.88. The molecule has 2 N–H and O–H groups in total. The van der Waals surface area contributed by atoms with Gasteiger partial charge >= 0.3 is 0 Å². The first-order chi connectivity index (χ1) is 9.52. The van der Waals surface area contributed by atoms with E-state index in [2.05, 4.69) is 33.0 Å². The number of rotatable bonds is 9. The van der Waals surface area contributed by atoms with E-state index in [1.54, 1.807) is 0 Å². The molecule has 0 bridgehead atoms. The zero-order valence-corrected chi connectivity index (χ0v) is 13.9. The molecule has 1 aliphatic rings. The zero-order valence-electron chi connectivity index (χ0n) is 13.9. The van der Waals surface area contributed by atoms with Crippen molar-refractivity contribution in [2.45, 2.75) is 84.5 Å². The maximum absolute atomic E-state index is 10.0. The second-order valence-electron chi connectivity index (χ2n) is 6.85. The lowest BCUT2D eigenvalue weighted by Gasteiger charge is -2.29. The quantitative estimate of drug-likeness (QED) is 0.682. The van der Waals surface area contributed by atoms with Crippen LogP contribution >= 0.6 is 0 Å². The fourth-order valence-corrected chi connectivity index (χ4v) is 3.01. The van der Waals surface area contributed by atoms with Crippen molar-refractivity contribution in [2.24, 2.45) is 11.8 Å². The second kappa shape index (κ2) is 9.75. The van der Waals surface area contributed by atoms with Crippen LogP contribution in [0.4, 0.5) is 0 Å². The number of nitrogens with one attached hydrogen (secondary N) is 1. The largest absolute Gasteiger partial charge is 0.389 e. The normalized spacial score (nSPS) is 28.1. The minimum Gasteiger partial charge on any atom is -0.389 e. The van der Waals surface area contributed by atoms with Crippen molar-refractivity contribution >= 4 is 0 Å². The van der Waals surface area contributed by atoms with Gasteiger partial charge in [-0.2, -0.15) is 0 Å². The molecule has 0 aromatic heterocycles. The maximum Gasteiger partial charge on any atom is 0.0897 e. The van der Waals surface area contributed by atoms with Gasteiger partial charge in [-0.3, -0.25) is 0 Å². The molecule has 3 heteroatoms. The summed E-state index contributed by atoms with van der Waals surface area (Å²) >= 11 is 0. The summed E-state index contributed by atoms with van der Waals surface area (Å²) in [5, 5.41) is 13.4. The van der Waals surface area contributed by atoms with E-state index in [0.29, 0.717) is 31.2 Å². The van der Waals surface area contributed by atoms with E-state index in [1.807, 2.05) is 0 Å². The Morgan fingerprint density at radius 1 is 1.25 bits per heavy atom. The third-order valence-electron chi connectivity index (χ3n) is 4.69. The Balaban J connectivity index is 2.11. The van der Waals surface area contributed by atoms with E-state index < -0.39 is 0 Å². The molecule has 1 fully saturated rings. The lowest BCUT2D eigenvalue weighted by molar-refractivity contribution is -0.0456. The standard InChI is InChI=1S/C17H35NO2/c1-5-13(2)10-15(4)18-11-16(19)12-20-17-9-7-6-8-14(17)3/h13-19H,5-12H2,1-4H3. The van der Waals surface area contributed by atoms with Crippen molar-refractivity contribution in [3.8, 4) is 0 Å². The van der Waals surface area contributed by atoms with E-state index in [9.17, 15) is 5.11 Å². The van der Waals surface area contributed by atoms with Crippen LogP contribution in [0, 0.1) is 11.8 Å². The Bertz CT molecular complexity index is 247. The Morgan fingerprint density at radius 2 is 1.95 bits per heavy atom. The maximum atomic E-state index is 10.0. The van der Waals surface area contributed by atoms with Crippen LogP contribution in [0.1, 0.15) is 66.2 Å². The molecule has 0 heterocycles. The Kier molecular flexibility index (Phi) is 8.74. The number of aliphatic hydroxyl groups is 1. The first-order valence-corrected chi connectivity index (χ1v) is 8.56. The highest BCUT2D eigenvalue weighted by Crippen LogP contribution is 2.26. The number of hydrogen-bond acceptors (Lipinski definition) is 3. The van der Waals surface area contributed by atoms with Crippen LogP contribution in [0.5, 0.6) is 0 Å². The van der Waals surface area contributed by atoms with Crippen molar-refractivity contribution in [1.82, 2.24) is 5.32 Å². The van der Waals surface area contributed by atoms with Gasteiger partial charge in [0.15, 0.2) is 0 Å². The van der Waals surface area contributed by atoms with Gasteiger partial charge in [-0.05, 0) is 38.0 Å². The van der Waals surface area contributed by atoms with Gasteiger partial charge in [0.1, 0.15) is 0 Å². The molecule has 0 radical (unpaired) electrons. The summed E-state index contributed by atoms with van der Waals surface area (Å²) in [5.74, 6) is 1.39. The van der Waals surface area contributed by atoms with Crippen LogP contribution in [-0.4, -0.2) is 36.5 Å². The van der Waals surface area contributed by atoms with Gasteiger partial charge in [0, 0.05) is 12.6 Å². The van der Waals surface area contributed by atoms with Crippen LogP contribution in [0.25, 0.3) is 0 Å². The lowest BCUT2D eigenvalue weighted by Crippen LogP contribution is -2.38. The summed E-state index contributed by atoms with van der Waals surface area (Å²) in [4.78, 5) is 0. The minimum absolute atomic E-state index is 0.357. The minimum atomic E-state index is -0.386. The van der Waals surface area contributed by atoms with Crippen molar-refractivity contribution in [3.05, 3.63) is 0 Å². The highest BCUT2D eigenvalue weighted by Gasteiger charge is 2.22. The average Bonchev–Trinajstić information content (AvgIpc) is 2.44. The fourth-order valence-electron chi connectivity index (χ4n) is 3.01. The molecule has 1 rings (SSSR count). The molecule has 0 aromatic carbocycles. The van der Waals surface area contributed by atoms with E-state index in [1.165, 1.54) is 32.1 Å². The van der Waals surface area contributed by atoms with Crippen molar-refractivity contribution in [3.63, 3.8) is 0 Å². The van der Waals surface area contributed by atoms with Gasteiger partial charge in [0.25, 0.3) is 0 Å². The smallest absolute Gasteiger partial charge is 0.0897 e. The van der Waals surface area contributed by atoms with Crippen molar-refractivity contribution in [2.75, 3.05) is 13.2 Å². The molecular formula is C17H35NO2. The van der Waals surface area contributed by atoms with Gasteiger partial charge in [0.05, 0.1) is 18.8 Å². The SMILES string of the molecule is CCC(C)CC(C)NCC(O)COC1CCCCC1C.